The van der Waals surface area contributed by atoms with Crippen LogP contribution in [0.15, 0.2) is 94.7 Å². The third-order valence-electron chi connectivity index (χ3n) is 6.42. The van der Waals surface area contributed by atoms with Crippen molar-refractivity contribution < 1.29 is 36.5 Å². The summed E-state index contributed by atoms with van der Waals surface area (Å²) in [4.78, 5) is 38.2. The van der Waals surface area contributed by atoms with Gasteiger partial charge >= 0.3 is 10.1 Å². The molecule has 1 aliphatic heterocycles. The minimum absolute atomic E-state index is 0.0476. The van der Waals surface area contributed by atoms with Crippen LogP contribution in [0.25, 0.3) is 16.8 Å². The van der Waals surface area contributed by atoms with Crippen molar-refractivity contribution >= 4 is 61.5 Å². The van der Waals surface area contributed by atoms with Crippen LogP contribution in [0, 0.1) is 0 Å². The molecule has 1 fully saturated rings. The quantitative estimate of drug-likeness (QED) is 0.155. The number of carbonyl (C=O) groups is 3. The van der Waals surface area contributed by atoms with Gasteiger partial charge in [0.15, 0.2) is 11.5 Å². The number of hydrogen-bond donors (Lipinski definition) is 1. The summed E-state index contributed by atoms with van der Waals surface area (Å²) in [5, 5.41) is 4.12. The molecule has 1 aliphatic rings. The molecule has 4 aromatic rings. The topological polar surface area (TPSA) is 128 Å². The second-order valence-corrected chi connectivity index (χ2v) is 12.1. The van der Waals surface area contributed by atoms with Crippen molar-refractivity contribution in [1.29, 1.82) is 0 Å². The monoisotopic (exact) mass is 632 g/mol. The molecule has 0 spiro atoms. The molecule has 4 aromatic carbocycles. The number of nitrogens with zero attached hydrogens (tertiary/aromatic N) is 1. The number of fused-ring (bicyclic) bond motifs is 1. The molecule has 1 N–H and O–H groups in total. The molecule has 3 amide bonds. The van der Waals surface area contributed by atoms with Gasteiger partial charge in [-0.05, 0) is 78.2 Å². The number of imide groups is 1. The molecule has 1 heterocycles. The Morgan fingerprint density at radius 2 is 1.66 bits per heavy atom. The Morgan fingerprint density at radius 3 is 2.41 bits per heavy atom. The van der Waals surface area contributed by atoms with Crippen molar-refractivity contribution in [3.8, 4) is 17.2 Å². The fourth-order valence-corrected chi connectivity index (χ4v) is 6.24. The van der Waals surface area contributed by atoms with Crippen LogP contribution in [0.3, 0.4) is 0 Å². The highest BCUT2D eigenvalue weighted by Gasteiger charge is 2.35. The van der Waals surface area contributed by atoms with Crippen LogP contribution in [-0.2, 0) is 19.7 Å². The van der Waals surface area contributed by atoms with Crippen LogP contribution >= 0.6 is 11.8 Å². The second-order valence-electron chi connectivity index (χ2n) is 9.54. The number of rotatable bonds is 11. The van der Waals surface area contributed by atoms with Crippen LogP contribution in [0.5, 0.6) is 17.2 Å². The van der Waals surface area contributed by atoms with E-state index in [-0.39, 0.29) is 47.0 Å². The summed E-state index contributed by atoms with van der Waals surface area (Å²) >= 11 is 0.810. The van der Waals surface area contributed by atoms with Gasteiger partial charge in [0.2, 0.25) is 5.91 Å². The molecule has 10 nitrogen and oxygen atoms in total. The van der Waals surface area contributed by atoms with E-state index in [1.807, 2.05) is 42.5 Å². The molecular weight excluding hydrogens is 604 g/mol. The molecule has 0 atom stereocenters. The number of nitrogens with one attached hydrogen (secondary N) is 1. The Labute approximate surface area is 258 Å². The van der Waals surface area contributed by atoms with Crippen molar-refractivity contribution in [2.24, 2.45) is 0 Å². The number of hydrogen-bond acceptors (Lipinski definition) is 9. The van der Waals surface area contributed by atoms with E-state index in [4.69, 9.17) is 13.7 Å². The van der Waals surface area contributed by atoms with Gasteiger partial charge in [-0.1, -0.05) is 42.5 Å². The zero-order valence-corrected chi connectivity index (χ0v) is 25.4. The Balaban J connectivity index is 1.27. The van der Waals surface area contributed by atoms with Gasteiger partial charge in [-0.25, -0.2) is 0 Å². The first-order valence-corrected chi connectivity index (χ1v) is 15.8. The maximum Gasteiger partial charge on any atom is 0.339 e. The van der Waals surface area contributed by atoms with Gasteiger partial charge in [0, 0.05) is 18.0 Å². The van der Waals surface area contributed by atoms with E-state index < -0.39 is 21.3 Å². The lowest BCUT2D eigenvalue weighted by Gasteiger charge is -2.14. The Kier molecular flexibility index (Phi) is 9.21. The predicted molar refractivity (Wildman–Crippen MR) is 168 cm³/mol. The standard InChI is InChI=1S/C32H28N2O8S2/c1-3-40-29-19-22(11-16-28(29)42-44(38,39)25-14-12-24(13-15-25)33-21(2)35)20-30-31(36)34(32(37)43-30)17-18-41-27-10-6-8-23-7-4-5-9-26(23)27/h4-16,19-20H,3,17-18H2,1-2H3,(H,33,35)/b30-20-. The molecule has 0 aromatic heterocycles. The summed E-state index contributed by atoms with van der Waals surface area (Å²) in [6.45, 7) is 3.51. The molecular formula is C32H28N2O8S2. The SMILES string of the molecule is CCOc1cc(/C=C2\SC(=O)N(CCOc3cccc4ccccc34)C2=O)ccc1OS(=O)(=O)c1ccc(NC(C)=O)cc1. The fourth-order valence-electron chi connectivity index (χ4n) is 4.44. The lowest BCUT2D eigenvalue weighted by Crippen LogP contribution is -2.32. The molecule has 0 aliphatic carbocycles. The van der Waals surface area contributed by atoms with Gasteiger partial charge in [0.05, 0.1) is 18.1 Å². The van der Waals surface area contributed by atoms with E-state index in [9.17, 15) is 22.8 Å². The molecule has 12 heteroatoms. The zero-order valence-electron chi connectivity index (χ0n) is 23.8. The number of ether oxygens (including phenoxy) is 2. The summed E-state index contributed by atoms with van der Waals surface area (Å²) in [5.41, 5.74) is 0.952. The molecule has 0 saturated carbocycles. The maximum absolute atomic E-state index is 13.1. The first-order chi connectivity index (χ1) is 21.1. The third kappa shape index (κ3) is 7.04. The van der Waals surface area contributed by atoms with Crippen molar-refractivity contribution in [2.75, 3.05) is 25.1 Å². The molecule has 0 bridgehead atoms. The summed E-state index contributed by atoms with van der Waals surface area (Å²) < 4.78 is 42.8. The highest BCUT2D eigenvalue weighted by Crippen LogP contribution is 2.36. The molecule has 0 radical (unpaired) electrons. The Bertz CT molecular complexity index is 1870. The van der Waals surface area contributed by atoms with E-state index in [2.05, 4.69) is 5.32 Å². The van der Waals surface area contributed by atoms with Gasteiger partial charge in [-0.3, -0.25) is 19.3 Å². The fraction of sp³-hybridized carbons (Fsp3) is 0.156. The number of thioether (sulfide) groups is 1. The lowest BCUT2D eigenvalue weighted by atomic mass is 10.1. The number of carbonyl (C=O) groups excluding carboxylic acids is 3. The molecule has 1 saturated heterocycles. The zero-order chi connectivity index (χ0) is 31.3. The molecule has 5 rings (SSSR count). The lowest BCUT2D eigenvalue weighted by molar-refractivity contribution is -0.123. The first kappa shape index (κ1) is 30.6. The second kappa shape index (κ2) is 13.2. The summed E-state index contributed by atoms with van der Waals surface area (Å²) in [5.74, 6) is 0.0236. The summed E-state index contributed by atoms with van der Waals surface area (Å²) in [6.07, 6.45) is 1.54. The van der Waals surface area contributed by atoms with Gasteiger partial charge in [-0.15, -0.1) is 0 Å². The first-order valence-electron chi connectivity index (χ1n) is 13.6. The minimum atomic E-state index is -4.23. The van der Waals surface area contributed by atoms with Gasteiger partial charge in [0.25, 0.3) is 11.1 Å². The van der Waals surface area contributed by atoms with Crippen LogP contribution in [0.1, 0.15) is 19.4 Å². The average Bonchev–Trinajstić information content (AvgIpc) is 3.26. The highest BCUT2D eigenvalue weighted by atomic mass is 32.2. The van der Waals surface area contributed by atoms with Crippen molar-refractivity contribution in [1.82, 2.24) is 4.90 Å². The van der Waals surface area contributed by atoms with Crippen molar-refractivity contribution in [2.45, 2.75) is 18.7 Å². The molecule has 0 unspecified atom stereocenters. The third-order valence-corrected chi connectivity index (χ3v) is 8.58. The Hall–Kier alpha value is -4.81. The van der Waals surface area contributed by atoms with Crippen molar-refractivity contribution in [3.63, 3.8) is 0 Å². The molecule has 226 valence electrons. The smallest absolute Gasteiger partial charge is 0.339 e. The van der Waals surface area contributed by atoms with E-state index in [1.165, 1.54) is 49.4 Å². The predicted octanol–water partition coefficient (Wildman–Crippen LogP) is 6.08. The van der Waals surface area contributed by atoms with E-state index in [0.717, 1.165) is 27.4 Å². The summed E-state index contributed by atoms with van der Waals surface area (Å²) in [6, 6.07) is 23.5. The number of amides is 3. The van der Waals surface area contributed by atoms with Gasteiger partial charge < -0.3 is 19.0 Å². The van der Waals surface area contributed by atoms with Crippen LogP contribution in [-0.4, -0.2) is 50.1 Å². The van der Waals surface area contributed by atoms with Crippen molar-refractivity contribution in [3.05, 3.63) is 95.4 Å². The largest absolute Gasteiger partial charge is 0.491 e. The highest BCUT2D eigenvalue weighted by molar-refractivity contribution is 8.18. The van der Waals surface area contributed by atoms with Crippen LogP contribution in [0.2, 0.25) is 0 Å². The normalized spacial score (nSPS) is 14.2. The Morgan fingerprint density at radius 1 is 0.909 bits per heavy atom. The number of benzene rings is 4. The van der Waals surface area contributed by atoms with E-state index in [0.29, 0.717) is 17.0 Å². The van der Waals surface area contributed by atoms with Gasteiger partial charge in [0.1, 0.15) is 17.3 Å². The average molecular weight is 633 g/mol. The molecule has 44 heavy (non-hydrogen) atoms. The van der Waals surface area contributed by atoms with Crippen LogP contribution < -0.4 is 19.0 Å². The number of anilines is 1. The van der Waals surface area contributed by atoms with Gasteiger partial charge in [-0.2, -0.15) is 8.42 Å². The van der Waals surface area contributed by atoms with Crippen LogP contribution in [0.4, 0.5) is 10.5 Å². The summed E-state index contributed by atoms with van der Waals surface area (Å²) in [7, 11) is -4.23. The maximum atomic E-state index is 13.1. The minimum Gasteiger partial charge on any atom is -0.491 e. The van der Waals surface area contributed by atoms with E-state index in [1.54, 1.807) is 13.0 Å². The van der Waals surface area contributed by atoms with E-state index >= 15 is 0 Å².